The number of aromatic nitrogens is 3. The fourth-order valence-corrected chi connectivity index (χ4v) is 7.61. The van der Waals surface area contributed by atoms with Crippen molar-refractivity contribution in [3.05, 3.63) is 139 Å². The summed E-state index contributed by atoms with van der Waals surface area (Å²) < 4.78 is 8.62. The number of para-hydroxylation sites is 2. The van der Waals surface area contributed by atoms with Crippen LogP contribution >= 0.6 is 0 Å². The van der Waals surface area contributed by atoms with Gasteiger partial charge in [-0.1, -0.05) is 105 Å². The van der Waals surface area contributed by atoms with E-state index in [1.807, 2.05) is 18.2 Å². The second-order valence-corrected chi connectivity index (χ2v) is 12.6. The Morgan fingerprint density at radius 3 is 2.18 bits per heavy atom. The molecule has 6 aromatic carbocycles. The maximum absolute atomic E-state index is 6.32. The van der Waals surface area contributed by atoms with Crippen LogP contribution in [0.15, 0.2) is 132 Å². The molecule has 3 aromatic heterocycles. The summed E-state index contributed by atoms with van der Waals surface area (Å²) in [5, 5.41) is 5.75. The Balaban J connectivity index is 1.34. The van der Waals surface area contributed by atoms with Gasteiger partial charge in [-0.3, -0.25) is 4.57 Å². The topological polar surface area (TPSA) is 43.9 Å². The molecule has 0 amide bonds. The summed E-state index contributed by atoms with van der Waals surface area (Å²) in [5.74, 6) is 0.793. The number of hydrogen-bond acceptors (Lipinski definition) is 3. The number of benzene rings is 6. The lowest BCUT2D eigenvalue weighted by Crippen LogP contribution is -2.14. The zero-order valence-electron chi connectivity index (χ0n) is 24.9. The third-order valence-corrected chi connectivity index (χ3v) is 9.80. The van der Waals surface area contributed by atoms with Gasteiger partial charge in [0, 0.05) is 27.1 Å². The first-order valence-electron chi connectivity index (χ1n) is 15.4. The van der Waals surface area contributed by atoms with Gasteiger partial charge in [-0.2, -0.15) is 0 Å². The maximum atomic E-state index is 6.32. The Hall–Kier alpha value is -5.74. The quantitative estimate of drug-likeness (QED) is 0.205. The van der Waals surface area contributed by atoms with E-state index < -0.39 is 0 Å². The normalized spacial score (nSPS) is 13.7. The summed E-state index contributed by atoms with van der Waals surface area (Å²) in [6.45, 7) is 4.62. The molecule has 4 nitrogen and oxygen atoms in total. The molecule has 45 heavy (non-hydrogen) atoms. The van der Waals surface area contributed by atoms with E-state index in [-0.39, 0.29) is 5.41 Å². The second kappa shape index (κ2) is 8.67. The largest absolute Gasteiger partial charge is 0.436 e. The predicted molar refractivity (Wildman–Crippen MR) is 184 cm³/mol. The summed E-state index contributed by atoms with van der Waals surface area (Å²) in [6.07, 6.45) is 0. The smallest absolute Gasteiger partial charge is 0.247 e. The van der Waals surface area contributed by atoms with Gasteiger partial charge in [0.25, 0.3) is 0 Å². The molecule has 0 fully saturated rings. The molecule has 0 bridgehead atoms. The molecule has 0 saturated carbocycles. The van der Waals surface area contributed by atoms with Gasteiger partial charge < -0.3 is 4.42 Å². The Bertz CT molecular complexity index is 2690. The molecule has 0 saturated heterocycles. The second-order valence-electron chi connectivity index (χ2n) is 12.6. The lowest BCUT2D eigenvalue weighted by atomic mass is 9.82. The molecule has 0 spiro atoms. The lowest BCUT2D eigenvalue weighted by molar-refractivity contribution is 0.653. The zero-order valence-corrected chi connectivity index (χ0v) is 24.9. The highest BCUT2D eigenvalue weighted by atomic mass is 16.3. The van der Waals surface area contributed by atoms with Gasteiger partial charge in [0.2, 0.25) is 5.71 Å². The first kappa shape index (κ1) is 24.7. The van der Waals surface area contributed by atoms with E-state index in [2.05, 4.69) is 128 Å². The lowest BCUT2D eigenvalue weighted by Gasteiger charge is -2.21. The molecule has 10 rings (SSSR count). The van der Waals surface area contributed by atoms with Crippen LogP contribution in [0.5, 0.6) is 0 Å². The van der Waals surface area contributed by atoms with Crippen LogP contribution in [0.25, 0.3) is 83.0 Å². The van der Waals surface area contributed by atoms with Crippen LogP contribution in [-0.4, -0.2) is 14.5 Å². The van der Waals surface area contributed by atoms with E-state index >= 15 is 0 Å². The van der Waals surface area contributed by atoms with E-state index in [9.17, 15) is 0 Å². The molecular weight excluding hydrogens is 550 g/mol. The first-order valence-corrected chi connectivity index (χ1v) is 15.4. The number of hydrogen-bond donors (Lipinski definition) is 0. The highest BCUT2D eigenvalue weighted by molar-refractivity contribution is 6.14. The van der Waals surface area contributed by atoms with Crippen LogP contribution in [0, 0.1) is 0 Å². The summed E-state index contributed by atoms with van der Waals surface area (Å²) in [4.78, 5) is 10.7. The molecule has 0 aliphatic heterocycles. The molecule has 1 aliphatic carbocycles. The highest BCUT2D eigenvalue weighted by Crippen LogP contribution is 2.50. The predicted octanol–water partition coefficient (Wildman–Crippen LogP) is 10.6. The first-order chi connectivity index (χ1) is 22.1. The van der Waals surface area contributed by atoms with Crippen molar-refractivity contribution in [2.75, 3.05) is 0 Å². The molecule has 0 radical (unpaired) electrons. The zero-order chi connectivity index (χ0) is 29.9. The van der Waals surface area contributed by atoms with Crippen molar-refractivity contribution in [2.24, 2.45) is 0 Å². The molecule has 4 heteroatoms. The van der Waals surface area contributed by atoms with E-state index in [1.165, 1.54) is 43.8 Å². The molecule has 0 atom stereocenters. The monoisotopic (exact) mass is 577 g/mol. The molecule has 3 heterocycles. The van der Waals surface area contributed by atoms with Crippen molar-refractivity contribution in [1.29, 1.82) is 0 Å². The van der Waals surface area contributed by atoms with Crippen LogP contribution in [0.3, 0.4) is 0 Å². The van der Waals surface area contributed by atoms with E-state index in [4.69, 9.17) is 14.4 Å². The summed E-state index contributed by atoms with van der Waals surface area (Å²) in [6, 6.07) is 45.3. The van der Waals surface area contributed by atoms with Crippen molar-refractivity contribution in [2.45, 2.75) is 19.3 Å². The average molecular weight is 578 g/mol. The van der Waals surface area contributed by atoms with Gasteiger partial charge >= 0.3 is 0 Å². The molecule has 212 valence electrons. The van der Waals surface area contributed by atoms with Crippen molar-refractivity contribution in [3.63, 3.8) is 0 Å². The Labute approximate surface area is 259 Å². The fraction of sp³-hybridized carbons (Fsp3) is 0.0732. The van der Waals surface area contributed by atoms with E-state index in [1.54, 1.807) is 0 Å². The molecular formula is C41H27N3O. The third kappa shape index (κ3) is 3.31. The standard InChI is InChI=1S/C41H27N3O/c1-41(2)32-16-8-5-13-27(32)30-22-26(19-20-33(30)41)37-39(42-38-29-15-7-10-18-36(29)45-40(38)43-37)44-34-17-9-6-14-28(34)31-21-24-11-3-4-12-25(24)23-35(31)44/h3-23H,1-2H3. The Morgan fingerprint density at radius 1 is 0.578 bits per heavy atom. The van der Waals surface area contributed by atoms with E-state index in [0.29, 0.717) is 5.71 Å². The van der Waals surface area contributed by atoms with Crippen molar-refractivity contribution >= 4 is 54.8 Å². The Kier molecular flexibility index (Phi) is 4.76. The summed E-state index contributed by atoms with van der Waals surface area (Å²) >= 11 is 0. The van der Waals surface area contributed by atoms with Crippen LogP contribution in [0.1, 0.15) is 25.0 Å². The van der Waals surface area contributed by atoms with Crippen LogP contribution in [0.2, 0.25) is 0 Å². The van der Waals surface area contributed by atoms with Gasteiger partial charge in [-0.05, 0) is 69.4 Å². The highest BCUT2D eigenvalue weighted by Gasteiger charge is 2.35. The minimum atomic E-state index is -0.0739. The van der Waals surface area contributed by atoms with Crippen molar-refractivity contribution in [3.8, 4) is 28.2 Å². The molecule has 1 aliphatic rings. The summed E-state index contributed by atoms with van der Waals surface area (Å²) in [5.41, 5.74) is 11.2. The third-order valence-electron chi connectivity index (χ3n) is 9.80. The maximum Gasteiger partial charge on any atom is 0.247 e. The van der Waals surface area contributed by atoms with Gasteiger partial charge in [-0.15, -0.1) is 0 Å². The van der Waals surface area contributed by atoms with Crippen LogP contribution < -0.4 is 0 Å². The Morgan fingerprint density at radius 2 is 1.29 bits per heavy atom. The van der Waals surface area contributed by atoms with Gasteiger partial charge in [0.15, 0.2) is 5.82 Å². The number of fused-ring (bicyclic) bond motifs is 10. The number of nitrogens with zero attached hydrogens (tertiary/aromatic N) is 3. The molecule has 9 aromatic rings. The average Bonchev–Trinajstić information content (AvgIpc) is 3.68. The molecule has 0 unspecified atom stereocenters. The van der Waals surface area contributed by atoms with Crippen LogP contribution in [-0.2, 0) is 5.41 Å². The van der Waals surface area contributed by atoms with Crippen molar-refractivity contribution in [1.82, 2.24) is 14.5 Å². The number of furan rings is 1. The SMILES string of the molecule is CC1(C)c2ccccc2-c2cc(-c3nc4oc5ccccc5c4nc3-n3c4ccccc4c4cc5ccccc5cc43)ccc21. The van der Waals surface area contributed by atoms with Gasteiger partial charge in [-0.25, -0.2) is 9.97 Å². The van der Waals surface area contributed by atoms with Crippen molar-refractivity contribution < 1.29 is 4.42 Å². The van der Waals surface area contributed by atoms with Gasteiger partial charge in [0.1, 0.15) is 16.8 Å². The minimum absolute atomic E-state index is 0.0739. The van der Waals surface area contributed by atoms with E-state index in [0.717, 1.165) is 44.6 Å². The summed E-state index contributed by atoms with van der Waals surface area (Å²) in [7, 11) is 0. The van der Waals surface area contributed by atoms with Crippen LogP contribution in [0.4, 0.5) is 0 Å². The minimum Gasteiger partial charge on any atom is -0.436 e. The van der Waals surface area contributed by atoms with Gasteiger partial charge in [0.05, 0.1) is 11.0 Å². The fourth-order valence-electron chi connectivity index (χ4n) is 7.61. The number of rotatable bonds is 2. The molecule has 0 N–H and O–H groups in total.